The van der Waals surface area contributed by atoms with Crippen LogP contribution in [0.2, 0.25) is 0 Å². The molecule has 0 radical (unpaired) electrons. The minimum absolute atomic E-state index is 0.817. The maximum atomic E-state index is 5.28. The van der Waals surface area contributed by atoms with E-state index in [1.54, 1.807) is 10.4 Å². The maximum Gasteiger partial charge on any atom is 0.0432 e. The van der Waals surface area contributed by atoms with Crippen LogP contribution < -0.4 is 0 Å². The molecule has 2 rings (SSSR count). The molecule has 0 fully saturated rings. The van der Waals surface area contributed by atoms with Crippen LogP contribution in [0.15, 0.2) is 6.07 Å². The van der Waals surface area contributed by atoms with E-state index < -0.39 is 0 Å². The molecule has 0 atom stereocenters. The summed E-state index contributed by atoms with van der Waals surface area (Å²) < 4.78 is 0. The third-order valence-electron chi connectivity index (χ3n) is 2.32. The molecule has 0 saturated heterocycles. The largest absolute Gasteiger partial charge is 0.144 e. The molecule has 0 aliphatic heterocycles. The molecule has 0 aromatic carbocycles. The lowest BCUT2D eigenvalue weighted by atomic mass is 9.99. The Kier molecular flexibility index (Phi) is 2.19. The van der Waals surface area contributed by atoms with Gasteiger partial charge in [0.15, 0.2) is 0 Å². The van der Waals surface area contributed by atoms with Gasteiger partial charge in [-0.1, -0.05) is 0 Å². The van der Waals surface area contributed by atoms with Gasteiger partial charge in [-0.25, -0.2) is 0 Å². The first-order valence-electron chi connectivity index (χ1n) is 4.44. The average molecular weight is 176 g/mol. The summed E-state index contributed by atoms with van der Waals surface area (Å²) in [5, 5.41) is 0. The van der Waals surface area contributed by atoms with Gasteiger partial charge < -0.3 is 0 Å². The molecule has 1 aromatic rings. The second kappa shape index (κ2) is 3.33. The fraction of sp³-hybridized carbons (Fsp3) is 0.455. The molecule has 0 saturated carbocycles. The first kappa shape index (κ1) is 7.89. The minimum Gasteiger partial charge on any atom is -0.144 e. The number of aryl methyl sites for hydroxylation is 2. The van der Waals surface area contributed by atoms with Crippen molar-refractivity contribution in [1.82, 2.24) is 0 Å². The quantitative estimate of drug-likeness (QED) is 0.577. The standard InChI is InChI=1S/C11H12S/c1-2-5-10-8-9-6-3-4-7-11(9)12-10/h1,8H,3-7H2. The van der Waals surface area contributed by atoms with Crippen molar-refractivity contribution in [2.24, 2.45) is 0 Å². The topological polar surface area (TPSA) is 0 Å². The van der Waals surface area contributed by atoms with E-state index in [0.717, 1.165) is 6.42 Å². The van der Waals surface area contributed by atoms with Crippen LogP contribution in [0.4, 0.5) is 0 Å². The summed E-state index contributed by atoms with van der Waals surface area (Å²) in [4.78, 5) is 2.97. The smallest absolute Gasteiger partial charge is 0.0432 e. The zero-order chi connectivity index (χ0) is 8.39. The van der Waals surface area contributed by atoms with Crippen LogP contribution in [-0.2, 0) is 19.3 Å². The van der Waals surface area contributed by atoms with Crippen LogP contribution >= 0.6 is 11.3 Å². The maximum absolute atomic E-state index is 5.28. The highest BCUT2D eigenvalue weighted by Gasteiger charge is 2.12. The number of hydrogen-bond donors (Lipinski definition) is 0. The number of hydrogen-bond acceptors (Lipinski definition) is 1. The molecule has 0 nitrogen and oxygen atoms in total. The number of fused-ring (bicyclic) bond motifs is 1. The van der Waals surface area contributed by atoms with Gasteiger partial charge in [-0.05, 0) is 37.3 Å². The Morgan fingerprint density at radius 1 is 1.42 bits per heavy atom. The monoisotopic (exact) mass is 176 g/mol. The van der Waals surface area contributed by atoms with E-state index >= 15 is 0 Å². The third-order valence-corrected chi connectivity index (χ3v) is 3.56. The number of terminal acetylenes is 1. The molecule has 0 spiro atoms. The second-order valence-electron chi connectivity index (χ2n) is 3.25. The number of thiophene rings is 1. The predicted octanol–water partition coefficient (Wildman–Crippen LogP) is 2.80. The van der Waals surface area contributed by atoms with Crippen LogP contribution in [-0.4, -0.2) is 0 Å². The highest BCUT2D eigenvalue weighted by Crippen LogP contribution is 2.29. The highest BCUT2D eigenvalue weighted by molar-refractivity contribution is 7.12. The summed E-state index contributed by atoms with van der Waals surface area (Å²) in [6.07, 6.45) is 11.4. The fourth-order valence-electron chi connectivity index (χ4n) is 1.74. The van der Waals surface area contributed by atoms with Crippen molar-refractivity contribution in [1.29, 1.82) is 0 Å². The van der Waals surface area contributed by atoms with Gasteiger partial charge in [0.1, 0.15) is 0 Å². The first-order valence-corrected chi connectivity index (χ1v) is 5.25. The Balaban J connectivity index is 2.27. The van der Waals surface area contributed by atoms with E-state index in [1.807, 2.05) is 11.3 Å². The lowest BCUT2D eigenvalue weighted by Crippen LogP contribution is -1.96. The van der Waals surface area contributed by atoms with E-state index in [-0.39, 0.29) is 0 Å². The molecule has 1 aliphatic carbocycles. The van der Waals surface area contributed by atoms with Crippen molar-refractivity contribution < 1.29 is 0 Å². The molecule has 1 heterocycles. The van der Waals surface area contributed by atoms with Crippen molar-refractivity contribution in [2.45, 2.75) is 32.1 Å². The Morgan fingerprint density at radius 2 is 2.25 bits per heavy atom. The van der Waals surface area contributed by atoms with Gasteiger partial charge in [0.05, 0.1) is 0 Å². The van der Waals surface area contributed by atoms with Crippen molar-refractivity contribution in [3.05, 3.63) is 21.4 Å². The summed E-state index contributed by atoms with van der Waals surface area (Å²) in [5.74, 6) is 2.70. The van der Waals surface area contributed by atoms with Gasteiger partial charge in [0.2, 0.25) is 0 Å². The Morgan fingerprint density at radius 3 is 3.00 bits per heavy atom. The zero-order valence-corrected chi connectivity index (χ0v) is 7.91. The Hall–Kier alpha value is -0.740. The predicted molar refractivity (Wildman–Crippen MR) is 53.5 cm³/mol. The fourth-order valence-corrected chi connectivity index (χ4v) is 2.95. The summed E-state index contributed by atoms with van der Waals surface area (Å²) in [6, 6.07) is 2.30. The molecule has 0 amide bonds. The molecule has 1 heteroatoms. The molecule has 1 aromatic heterocycles. The summed E-state index contributed by atoms with van der Waals surface area (Å²) in [5.41, 5.74) is 1.57. The minimum atomic E-state index is 0.817. The highest BCUT2D eigenvalue weighted by atomic mass is 32.1. The second-order valence-corrected chi connectivity index (χ2v) is 4.47. The molecule has 62 valence electrons. The van der Waals surface area contributed by atoms with E-state index in [9.17, 15) is 0 Å². The Bertz CT molecular complexity index is 291. The van der Waals surface area contributed by atoms with Crippen LogP contribution in [0.25, 0.3) is 0 Å². The normalized spacial score (nSPS) is 15.2. The van der Waals surface area contributed by atoms with Crippen LogP contribution in [0.1, 0.15) is 28.2 Å². The van der Waals surface area contributed by atoms with Gasteiger partial charge >= 0.3 is 0 Å². The first-order chi connectivity index (χ1) is 5.90. The lowest BCUT2D eigenvalue weighted by Gasteiger charge is -2.08. The van der Waals surface area contributed by atoms with E-state index in [1.165, 1.54) is 30.6 Å². The van der Waals surface area contributed by atoms with Crippen LogP contribution in [0.5, 0.6) is 0 Å². The third kappa shape index (κ3) is 1.40. The van der Waals surface area contributed by atoms with Crippen molar-refractivity contribution >= 4 is 11.3 Å². The van der Waals surface area contributed by atoms with Crippen LogP contribution in [0, 0.1) is 12.3 Å². The van der Waals surface area contributed by atoms with Crippen LogP contribution in [0.3, 0.4) is 0 Å². The summed E-state index contributed by atoms with van der Waals surface area (Å²) in [6.45, 7) is 0. The van der Waals surface area contributed by atoms with E-state index in [2.05, 4.69) is 12.0 Å². The Labute approximate surface area is 77.6 Å². The molecular formula is C11H12S. The molecule has 0 bridgehead atoms. The SMILES string of the molecule is C#CCc1cc2c(s1)CCCC2. The summed E-state index contributed by atoms with van der Waals surface area (Å²) in [7, 11) is 0. The molecule has 12 heavy (non-hydrogen) atoms. The molecule has 0 N–H and O–H groups in total. The summed E-state index contributed by atoms with van der Waals surface area (Å²) >= 11 is 1.92. The van der Waals surface area contributed by atoms with Crippen molar-refractivity contribution in [2.75, 3.05) is 0 Å². The molecular weight excluding hydrogens is 164 g/mol. The molecule has 0 unspecified atom stereocenters. The molecule has 1 aliphatic rings. The van der Waals surface area contributed by atoms with E-state index in [4.69, 9.17) is 6.42 Å². The van der Waals surface area contributed by atoms with Gasteiger partial charge in [-0.15, -0.1) is 23.7 Å². The number of rotatable bonds is 1. The van der Waals surface area contributed by atoms with Gasteiger partial charge in [0, 0.05) is 16.2 Å². The van der Waals surface area contributed by atoms with E-state index in [0.29, 0.717) is 0 Å². The van der Waals surface area contributed by atoms with Crippen molar-refractivity contribution in [3.63, 3.8) is 0 Å². The van der Waals surface area contributed by atoms with Gasteiger partial charge in [0.25, 0.3) is 0 Å². The van der Waals surface area contributed by atoms with Crippen molar-refractivity contribution in [3.8, 4) is 12.3 Å². The zero-order valence-electron chi connectivity index (χ0n) is 7.10. The average Bonchev–Trinajstić information content (AvgIpc) is 2.47. The van der Waals surface area contributed by atoms with Gasteiger partial charge in [-0.2, -0.15) is 0 Å². The lowest BCUT2D eigenvalue weighted by molar-refractivity contribution is 0.697. The van der Waals surface area contributed by atoms with Gasteiger partial charge in [-0.3, -0.25) is 0 Å².